The Labute approximate surface area is 196 Å². The van der Waals surface area contributed by atoms with Crippen molar-refractivity contribution in [3.63, 3.8) is 0 Å². The zero-order valence-corrected chi connectivity index (χ0v) is 19.9. The van der Waals surface area contributed by atoms with Gasteiger partial charge < -0.3 is 15.5 Å². The van der Waals surface area contributed by atoms with Crippen LogP contribution in [0.5, 0.6) is 0 Å². The summed E-state index contributed by atoms with van der Waals surface area (Å²) in [5.41, 5.74) is 2.33. The van der Waals surface area contributed by atoms with Gasteiger partial charge in [-0.05, 0) is 31.0 Å². The number of nitrogens with one attached hydrogen (secondary N) is 2. The molecule has 162 valence electrons. The number of carbonyl (C=O) groups is 1. The van der Waals surface area contributed by atoms with Crippen LogP contribution >= 0.6 is 24.0 Å². The number of nitrogens with zero attached hydrogens (tertiary/aromatic N) is 3. The van der Waals surface area contributed by atoms with Gasteiger partial charge in [-0.15, -0.1) is 24.0 Å². The van der Waals surface area contributed by atoms with E-state index in [0.717, 1.165) is 50.7 Å². The Morgan fingerprint density at radius 2 is 1.93 bits per heavy atom. The van der Waals surface area contributed by atoms with Crippen molar-refractivity contribution in [2.75, 3.05) is 32.7 Å². The molecule has 7 heteroatoms. The molecule has 1 aliphatic heterocycles. The van der Waals surface area contributed by atoms with E-state index in [2.05, 4.69) is 34.7 Å². The Morgan fingerprint density at radius 3 is 2.67 bits per heavy atom. The Hall–Kier alpha value is -2.16. The van der Waals surface area contributed by atoms with Crippen molar-refractivity contribution >= 4 is 35.8 Å². The zero-order chi connectivity index (χ0) is 20.3. The number of likely N-dealkylation sites (tertiary alicyclic amines) is 1. The van der Waals surface area contributed by atoms with Crippen LogP contribution in [0.15, 0.2) is 59.7 Å². The van der Waals surface area contributed by atoms with Crippen LogP contribution < -0.4 is 10.6 Å². The lowest BCUT2D eigenvalue weighted by atomic mass is 10.1. The summed E-state index contributed by atoms with van der Waals surface area (Å²) in [6.07, 6.45) is 4.15. The maximum absolute atomic E-state index is 12.3. The molecule has 0 bridgehead atoms. The van der Waals surface area contributed by atoms with Crippen LogP contribution in [0.4, 0.5) is 0 Å². The van der Waals surface area contributed by atoms with Crippen LogP contribution in [0.2, 0.25) is 0 Å². The van der Waals surface area contributed by atoms with Crippen molar-refractivity contribution in [3.8, 4) is 0 Å². The number of halogens is 1. The first-order valence-electron chi connectivity index (χ1n) is 10.5. The Kier molecular flexibility index (Phi) is 10.6. The van der Waals surface area contributed by atoms with Gasteiger partial charge in [-0.2, -0.15) is 0 Å². The van der Waals surface area contributed by atoms with Gasteiger partial charge in [-0.25, -0.2) is 0 Å². The van der Waals surface area contributed by atoms with Gasteiger partial charge in [-0.1, -0.05) is 36.4 Å². The Bertz CT molecular complexity index is 785. The van der Waals surface area contributed by atoms with Crippen molar-refractivity contribution in [1.82, 2.24) is 20.5 Å². The molecular weight excluding hydrogens is 489 g/mol. The van der Waals surface area contributed by atoms with Crippen LogP contribution in [0.1, 0.15) is 24.6 Å². The fraction of sp³-hybridized carbons (Fsp3) is 0.435. The molecule has 3 rings (SSSR count). The van der Waals surface area contributed by atoms with E-state index in [1.807, 2.05) is 47.5 Å². The van der Waals surface area contributed by atoms with Crippen molar-refractivity contribution in [1.29, 1.82) is 0 Å². The highest BCUT2D eigenvalue weighted by Gasteiger charge is 2.28. The van der Waals surface area contributed by atoms with Gasteiger partial charge in [0.1, 0.15) is 0 Å². The standard InChI is InChI=1S/C23H31N5O.HI/c1-2-24-23(26-14-11-21-10-6-7-13-25-21)27-17-20-16-22(29)28(18-20)15-12-19-8-4-3-5-9-19;/h3-10,13,20H,2,11-12,14-18H2,1H3,(H2,24,26,27);1H. The van der Waals surface area contributed by atoms with Gasteiger partial charge in [0.15, 0.2) is 5.96 Å². The summed E-state index contributed by atoms with van der Waals surface area (Å²) >= 11 is 0. The lowest BCUT2D eigenvalue weighted by Gasteiger charge is -2.16. The number of carbonyl (C=O) groups excluding carboxylic acids is 1. The molecule has 30 heavy (non-hydrogen) atoms. The number of aliphatic imine (C=N–C) groups is 1. The minimum atomic E-state index is 0. The highest BCUT2D eigenvalue weighted by atomic mass is 127. The van der Waals surface area contributed by atoms with E-state index < -0.39 is 0 Å². The molecule has 1 aromatic carbocycles. The maximum Gasteiger partial charge on any atom is 0.223 e. The second-order valence-corrected chi connectivity index (χ2v) is 7.36. The zero-order valence-electron chi connectivity index (χ0n) is 17.6. The third kappa shape index (κ3) is 7.93. The van der Waals surface area contributed by atoms with Crippen LogP contribution in [0, 0.1) is 5.92 Å². The maximum atomic E-state index is 12.3. The summed E-state index contributed by atoms with van der Waals surface area (Å²) < 4.78 is 0. The third-order valence-electron chi connectivity index (χ3n) is 5.06. The predicted octanol–water partition coefficient (Wildman–Crippen LogP) is 2.89. The van der Waals surface area contributed by atoms with Gasteiger partial charge in [0.05, 0.1) is 0 Å². The number of guanidine groups is 1. The summed E-state index contributed by atoms with van der Waals surface area (Å²) in [7, 11) is 0. The fourth-order valence-electron chi connectivity index (χ4n) is 3.52. The normalized spacial score (nSPS) is 16.3. The molecule has 2 heterocycles. The molecule has 1 fully saturated rings. The second kappa shape index (κ2) is 13.2. The average molecular weight is 521 g/mol. The first kappa shape index (κ1) is 24.1. The summed E-state index contributed by atoms with van der Waals surface area (Å²) in [5, 5.41) is 6.64. The van der Waals surface area contributed by atoms with Gasteiger partial charge >= 0.3 is 0 Å². The largest absolute Gasteiger partial charge is 0.357 e. The highest BCUT2D eigenvalue weighted by Crippen LogP contribution is 2.18. The number of pyridine rings is 1. The minimum absolute atomic E-state index is 0. The summed E-state index contributed by atoms with van der Waals surface area (Å²) in [4.78, 5) is 23.4. The highest BCUT2D eigenvalue weighted by molar-refractivity contribution is 14.0. The topological polar surface area (TPSA) is 69.6 Å². The molecule has 1 atom stereocenters. The fourth-order valence-corrected chi connectivity index (χ4v) is 3.52. The van der Waals surface area contributed by atoms with E-state index in [-0.39, 0.29) is 35.8 Å². The Balaban J connectivity index is 0.00000320. The lowest BCUT2D eigenvalue weighted by molar-refractivity contribution is -0.127. The van der Waals surface area contributed by atoms with E-state index in [9.17, 15) is 4.79 Å². The molecule has 0 spiro atoms. The number of amides is 1. The van der Waals surface area contributed by atoms with E-state index in [4.69, 9.17) is 4.99 Å². The number of aromatic nitrogens is 1. The van der Waals surface area contributed by atoms with Gasteiger partial charge in [-0.3, -0.25) is 14.8 Å². The number of rotatable bonds is 9. The SMILES string of the molecule is CCNC(=NCC1CC(=O)N(CCc2ccccc2)C1)NCCc1ccccn1.I. The quantitative estimate of drug-likeness (QED) is 0.303. The summed E-state index contributed by atoms with van der Waals surface area (Å²) in [6.45, 7) is 5.87. The average Bonchev–Trinajstić information content (AvgIpc) is 3.11. The smallest absolute Gasteiger partial charge is 0.223 e. The monoisotopic (exact) mass is 521 g/mol. The Morgan fingerprint density at radius 1 is 1.13 bits per heavy atom. The molecule has 1 amide bonds. The second-order valence-electron chi connectivity index (χ2n) is 7.36. The predicted molar refractivity (Wildman–Crippen MR) is 132 cm³/mol. The number of benzene rings is 1. The van der Waals surface area contributed by atoms with E-state index in [1.54, 1.807) is 0 Å². The first-order valence-corrected chi connectivity index (χ1v) is 10.5. The van der Waals surface area contributed by atoms with Gasteiger partial charge in [0.25, 0.3) is 0 Å². The van der Waals surface area contributed by atoms with Gasteiger partial charge in [0, 0.05) is 63.4 Å². The molecule has 0 aliphatic carbocycles. The van der Waals surface area contributed by atoms with Crippen LogP contribution in [0.25, 0.3) is 0 Å². The van der Waals surface area contributed by atoms with Crippen LogP contribution in [-0.2, 0) is 17.6 Å². The molecular formula is C23H32IN5O. The van der Waals surface area contributed by atoms with Crippen molar-refractivity contribution < 1.29 is 4.79 Å². The molecule has 2 N–H and O–H groups in total. The number of hydrogen-bond acceptors (Lipinski definition) is 3. The molecule has 2 aromatic rings. The van der Waals surface area contributed by atoms with E-state index >= 15 is 0 Å². The van der Waals surface area contributed by atoms with Crippen molar-refractivity contribution in [3.05, 3.63) is 66.0 Å². The van der Waals surface area contributed by atoms with Gasteiger partial charge in [0.2, 0.25) is 5.91 Å². The molecule has 1 saturated heterocycles. The molecule has 1 aliphatic rings. The molecule has 6 nitrogen and oxygen atoms in total. The van der Waals surface area contributed by atoms with Crippen LogP contribution in [0.3, 0.4) is 0 Å². The molecule has 0 radical (unpaired) electrons. The molecule has 1 unspecified atom stereocenters. The summed E-state index contributed by atoms with van der Waals surface area (Å²) in [6, 6.07) is 16.3. The first-order chi connectivity index (χ1) is 14.2. The van der Waals surface area contributed by atoms with E-state index in [0.29, 0.717) is 13.0 Å². The molecule has 1 aromatic heterocycles. The van der Waals surface area contributed by atoms with Crippen molar-refractivity contribution in [2.24, 2.45) is 10.9 Å². The van der Waals surface area contributed by atoms with Crippen molar-refractivity contribution in [2.45, 2.75) is 26.2 Å². The lowest BCUT2D eigenvalue weighted by Crippen LogP contribution is -2.38. The summed E-state index contributed by atoms with van der Waals surface area (Å²) in [5.74, 6) is 1.33. The molecule has 0 saturated carbocycles. The minimum Gasteiger partial charge on any atom is -0.357 e. The third-order valence-corrected chi connectivity index (χ3v) is 5.06. The number of hydrogen-bond donors (Lipinski definition) is 2. The van der Waals surface area contributed by atoms with E-state index in [1.165, 1.54) is 5.56 Å². The van der Waals surface area contributed by atoms with Crippen LogP contribution in [-0.4, -0.2) is 54.5 Å².